The van der Waals surface area contributed by atoms with Crippen molar-refractivity contribution in [2.24, 2.45) is 0 Å². The molecule has 116 valence electrons. The monoisotopic (exact) mass is 289 g/mol. The van der Waals surface area contributed by atoms with Gasteiger partial charge in [0.05, 0.1) is 24.9 Å². The fourth-order valence-electron chi connectivity index (χ4n) is 3.53. The third-order valence-corrected chi connectivity index (χ3v) is 4.52. The highest BCUT2D eigenvalue weighted by molar-refractivity contribution is 5.32. The maximum atomic E-state index is 6.05. The van der Waals surface area contributed by atoms with E-state index in [1.807, 2.05) is 0 Å². The Hall–Kier alpha value is -0.900. The lowest BCUT2D eigenvalue weighted by Gasteiger charge is -2.36. The molecule has 2 unspecified atom stereocenters. The number of aryl methyl sites for hydroxylation is 1. The quantitative estimate of drug-likeness (QED) is 0.924. The highest BCUT2D eigenvalue weighted by Crippen LogP contribution is 2.31. The van der Waals surface area contributed by atoms with Crippen LogP contribution in [0, 0.1) is 0 Å². The molecule has 0 radical (unpaired) electrons. The second kappa shape index (κ2) is 6.47. The molecule has 1 aliphatic heterocycles. The molecule has 0 bridgehead atoms. The van der Waals surface area contributed by atoms with Gasteiger partial charge in [0.15, 0.2) is 0 Å². The van der Waals surface area contributed by atoms with E-state index >= 15 is 0 Å². The highest BCUT2D eigenvalue weighted by atomic mass is 16.5. The molecule has 0 saturated carbocycles. The average Bonchev–Trinajstić information content (AvgIpc) is 2.46. The molecule has 1 fully saturated rings. The van der Waals surface area contributed by atoms with Gasteiger partial charge in [-0.1, -0.05) is 24.3 Å². The maximum absolute atomic E-state index is 6.05. The smallest absolute Gasteiger partial charge is 0.0940 e. The van der Waals surface area contributed by atoms with Gasteiger partial charge in [-0.3, -0.25) is 0 Å². The van der Waals surface area contributed by atoms with Crippen molar-refractivity contribution in [1.29, 1.82) is 0 Å². The van der Waals surface area contributed by atoms with Crippen LogP contribution in [0.3, 0.4) is 0 Å². The van der Waals surface area contributed by atoms with Gasteiger partial charge in [0.1, 0.15) is 0 Å². The number of ether oxygens (including phenoxy) is 2. The summed E-state index contributed by atoms with van der Waals surface area (Å²) >= 11 is 0. The van der Waals surface area contributed by atoms with Crippen LogP contribution >= 0.6 is 0 Å². The van der Waals surface area contributed by atoms with Crippen LogP contribution in [0.1, 0.15) is 43.7 Å². The first-order chi connectivity index (χ1) is 10.1. The van der Waals surface area contributed by atoms with Crippen LogP contribution in [-0.4, -0.2) is 38.0 Å². The van der Waals surface area contributed by atoms with Crippen molar-refractivity contribution in [3.63, 3.8) is 0 Å². The first-order valence-corrected chi connectivity index (χ1v) is 8.18. The lowest BCUT2D eigenvalue weighted by molar-refractivity contribution is -0.121. The molecule has 21 heavy (non-hydrogen) atoms. The zero-order chi connectivity index (χ0) is 14.7. The molecule has 0 amide bonds. The lowest BCUT2D eigenvalue weighted by Crippen LogP contribution is -2.51. The van der Waals surface area contributed by atoms with Crippen LogP contribution in [0.25, 0.3) is 0 Å². The molecular weight excluding hydrogens is 262 g/mol. The molecule has 1 saturated heterocycles. The van der Waals surface area contributed by atoms with Crippen molar-refractivity contribution >= 4 is 0 Å². The maximum Gasteiger partial charge on any atom is 0.0940 e. The molecule has 3 nitrogen and oxygen atoms in total. The Morgan fingerprint density at radius 2 is 2.14 bits per heavy atom. The van der Waals surface area contributed by atoms with Gasteiger partial charge in [0, 0.05) is 19.0 Å². The number of rotatable bonds is 4. The van der Waals surface area contributed by atoms with Crippen LogP contribution < -0.4 is 5.32 Å². The minimum atomic E-state index is -0.0796. The van der Waals surface area contributed by atoms with E-state index in [9.17, 15) is 0 Å². The molecule has 0 aromatic heterocycles. The highest BCUT2D eigenvalue weighted by Gasteiger charge is 2.28. The summed E-state index contributed by atoms with van der Waals surface area (Å²) < 4.78 is 12.0. The summed E-state index contributed by atoms with van der Waals surface area (Å²) in [6.45, 7) is 7.57. The minimum absolute atomic E-state index is 0.0796. The largest absolute Gasteiger partial charge is 0.378 e. The summed E-state index contributed by atoms with van der Waals surface area (Å²) in [7, 11) is 0. The van der Waals surface area contributed by atoms with Crippen molar-refractivity contribution in [2.75, 3.05) is 26.3 Å². The number of benzene rings is 1. The fourth-order valence-corrected chi connectivity index (χ4v) is 3.53. The zero-order valence-electron chi connectivity index (χ0n) is 13.2. The van der Waals surface area contributed by atoms with E-state index in [1.54, 1.807) is 0 Å². The van der Waals surface area contributed by atoms with Crippen LogP contribution in [-0.2, 0) is 15.9 Å². The predicted molar refractivity (Wildman–Crippen MR) is 84.8 cm³/mol. The van der Waals surface area contributed by atoms with Crippen LogP contribution in [0.2, 0.25) is 0 Å². The minimum Gasteiger partial charge on any atom is -0.378 e. The third kappa shape index (κ3) is 3.85. The normalized spacial score (nSPS) is 28.1. The summed E-state index contributed by atoms with van der Waals surface area (Å²) in [5.74, 6) is 0.555. The zero-order valence-corrected chi connectivity index (χ0v) is 13.2. The van der Waals surface area contributed by atoms with Gasteiger partial charge >= 0.3 is 0 Å². The molecular formula is C18H27NO2. The van der Waals surface area contributed by atoms with Crippen LogP contribution in [0.5, 0.6) is 0 Å². The fraction of sp³-hybridized carbons (Fsp3) is 0.667. The molecule has 1 aromatic carbocycles. The Morgan fingerprint density at radius 1 is 1.29 bits per heavy atom. The molecule has 1 N–H and O–H groups in total. The standard InChI is InChI=1S/C18H27NO2/c1-18(2)13-19-10-16(21-18)12-20-11-15-8-5-7-14-6-3-4-9-17(14)15/h3-4,6,9,15-16,19H,5,7-8,10-13H2,1-2H3. The number of fused-ring (bicyclic) bond motifs is 1. The topological polar surface area (TPSA) is 30.5 Å². The lowest BCUT2D eigenvalue weighted by atomic mass is 9.83. The van der Waals surface area contributed by atoms with Gasteiger partial charge in [0.2, 0.25) is 0 Å². The van der Waals surface area contributed by atoms with Crippen LogP contribution in [0.15, 0.2) is 24.3 Å². The van der Waals surface area contributed by atoms with E-state index in [0.29, 0.717) is 12.5 Å². The van der Waals surface area contributed by atoms with Crippen LogP contribution in [0.4, 0.5) is 0 Å². The molecule has 0 spiro atoms. The predicted octanol–water partition coefficient (Wildman–Crippen LogP) is 2.89. The van der Waals surface area contributed by atoms with Gasteiger partial charge in [0.25, 0.3) is 0 Å². The van der Waals surface area contributed by atoms with Gasteiger partial charge in [-0.2, -0.15) is 0 Å². The first-order valence-electron chi connectivity index (χ1n) is 8.18. The molecule has 3 rings (SSSR count). The molecule has 1 aliphatic carbocycles. The Morgan fingerprint density at radius 3 is 3.00 bits per heavy atom. The SMILES string of the molecule is CC1(C)CNCC(COCC2CCCc3ccccc32)O1. The van der Waals surface area contributed by atoms with Gasteiger partial charge in [-0.25, -0.2) is 0 Å². The average molecular weight is 289 g/mol. The summed E-state index contributed by atoms with van der Waals surface area (Å²) in [4.78, 5) is 0. The van der Waals surface area contributed by atoms with Gasteiger partial charge in [-0.15, -0.1) is 0 Å². The van der Waals surface area contributed by atoms with Crippen molar-refractivity contribution in [1.82, 2.24) is 5.32 Å². The molecule has 1 aromatic rings. The van der Waals surface area contributed by atoms with E-state index in [1.165, 1.54) is 30.4 Å². The Labute approximate surface area is 128 Å². The molecule has 2 aliphatic rings. The molecule has 3 heteroatoms. The molecule has 2 atom stereocenters. The summed E-state index contributed by atoms with van der Waals surface area (Å²) in [5.41, 5.74) is 2.92. The Kier molecular flexibility index (Phi) is 4.63. The van der Waals surface area contributed by atoms with E-state index < -0.39 is 0 Å². The van der Waals surface area contributed by atoms with Gasteiger partial charge in [-0.05, 0) is 44.2 Å². The second-order valence-corrected chi connectivity index (χ2v) is 6.96. The van der Waals surface area contributed by atoms with E-state index in [-0.39, 0.29) is 11.7 Å². The number of hydrogen-bond acceptors (Lipinski definition) is 3. The summed E-state index contributed by atoms with van der Waals surface area (Å²) in [6, 6.07) is 8.82. The second-order valence-electron chi connectivity index (χ2n) is 6.96. The van der Waals surface area contributed by atoms with E-state index in [4.69, 9.17) is 9.47 Å². The van der Waals surface area contributed by atoms with E-state index in [2.05, 4.69) is 43.4 Å². The Balaban J connectivity index is 1.50. The number of morpholine rings is 1. The van der Waals surface area contributed by atoms with Crippen molar-refractivity contribution in [3.8, 4) is 0 Å². The molecule has 1 heterocycles. The van der Waals surface area contributed by atoms with Crippen molar-refractivity contribution in [2.45, 2.75) is 50.7 Å². The van der Waals surface area contributed by atoms with Crippen molar-refractivity contribution < 1.29 is 9.47 Å². The Bertz CT molecular complexity index is 472. The van der Waals surface area contributed by atoms with E-state index in [0.717, 1.165) is 19.7 Å². The first kappa shape index (κ1) is 15.0. The van der Waals surface area contributed by atoms with Crippen molar-refractivity contribution in [3.05, 3.63) is 35.4 Å². The van der Waals surface area contributed by atoms with Gasteiger partial charge < -0.3 is 14.8 Å². The number of nitrogens with one attached hydrogen (secondary N) is 1. The number of hydrogen-bond donors (Lipinski definition) is 1. The summed E-state index contributed by atoms with van der Waals surface area (Å²) in [5, 5.41) is 3.42. The summed E-state index contributed by atoms with van der Waals surface area (Å²) in [6.07, 6.45) is 3.91. The third-order valence-electron chi connectivity index (χ3n) is 4.52.